The van der Waals surface area contributed by atoms with E-state index in [2.05, 4.69) is 20.7 Å². The van der Waals surface area contributed by atoms with Gasteiger partial charge in [-0.1, -0.05) is 6.07 Å². The van der Waals surface area contributed by atoms with Gasteiger partial charge in [0.05, 0.1) is 6.04 Å². The summed E-state index contributed by atoms with van der Waals surface area (Å²) >= 11 is 0. The fourth-order valence-electron chi connectivity index (χ4n) is 2.97. The number of hydrogen-bond donors (Lipinski definition) is 2. The summed E-state index contributed by atoms with van der Waals surface area (Å²) in [6.45, 7) is 3.61. The summed E-state index contributed by atoms with van der Waals surface area (Å²) in [5.74, 6) is 0.0223. The van der Waals surface area contributed by atoms with Crippen LogP contribution in [0.2, 0.25) is 0 Å². The molecule has 1 aliphatic heterocycles. The molecule has 23 heavy (non-hydrogen) atoms. The van der Waals surface area contributed by atoms with E-state index in [1.165, 1.54) is 0 Å². The van der Waals surface area contributed by atoms with E-state index >= 15 is 0 Å². The van der Waals surface area contributed by atoms with E-state index in [1.807, 2.05) is 31.3 Å². The highest BCUT2D eigenvalue weighted by Gasteiger charge is 2.42. The van der Waals surface area contributed by atoms with Gasteiger partial charge in [0.2, 0.25) is 5.91 Å². The van der Waals surface area contributed by atoms with Crippen molar-refractivity contribution in [3.8, 4) is 0 Å². The van der Waals surface area contributed by atoms with Gasteiger partial charge < -0.3 is 10.6 Å². The summed E-state index contributed by atoms with van der Waals surface area (Å²) in [4.78, 5) is 17.1. The zero-order valence-electron chi connectivity index (χ0n) is 13.1. The van der Waals surface area contributed by atoms with Gasteiger partial charge in [-0.15, -0.1) is 12.4 Å². The second kappa shape index (κ2) is 7.57. The number of pyridine rings is 1. The van der Waals surface area contributed by atoms with E-state index in [1.54, 1.807) is 23.3 Å². The monoisotopic (exact) mass is 335 g/mol. The summed E-state index contributed by atoms with van der Waals surface area (Å²) in [6.07, 6.45) is 8.59. The summed E-state index contributed by atoms with van der Waals surface area (Å²) in [5, 5.41) is 10.8. The molecule has 2 N–H and O–H groups in total. The van der Waals surface area contributed by atoms with Gasteiger partial charge in [0, 0.05) is 24.8 Å². The van der Waals surface area contributed by atoms with Crippen LogP contribution in [0.1, 0.15) is 31.4 Å². The average molecular weight is 336 g/mol. The fourth-order valence-corrected chi connectivity index (χ4v) is 2.97. The molecular weight excluding hydrogens is 314 g/mol. The molecule has 0 spiro atoms. The largest absolute Gasteiger partial charge is 0.347 e. The lowest BCUT2D eigenvalue weighted by atomic mass is 9.87. The van der Waals surface area contributed by atoms with Crippen molar-refractivity contribution in [3.63, 3.8) is 0 Å². The van der Waals surface area contributed by atoms with E-state index in [0.29, 0.717) is 0 Å². The molecule has 2 aromatic rings. The number of nitrogens with zero attached hydrogens (tertiary/aromatic N) is 3. The van der Waals surface area contributed by atoms with Crippen molar-refractivity contribution < 1.29 is 4.79 Å². The number of rotatable bonds is 4. The predicted octanol–water partition coefficient (Wildman–Crippen LogP) is 1.66. The van der Waals surface area contributed by atoms with Crippen molar-refractivity contribution in [2.24, 2.45) is 0 Å². The standard InChI is InChI=1S/C16H21N5O.ClH/c1-13(14-4-2-7-18-12-14)20-15(22)16(5-9-17-10-6-16)21-11-3-8-19-21;/h2-4,7-8,11-13,17H,5-6,9-10H2,1H3,(H,20,22);1H. The third kappa shape index (κ3) is 3.54. The molecular formula is C16H22ClN5O. The number of carbonyl (C=O) groups is 1. The summed E-state index contributed by atoms with van der Waals surface area (Å²) in [6, 6.07) is 5.64. The molecule has 1 amide bonds. The highest BCUT2D eigenvalue weighted by Crippen LogP contribution is 2.28. The maximum absolute atomic E-state index is 13.0. The first-order chi connectivity index (χ1) is 10.7. The molecule has 1 unspecified atom stereocenters. The van der Waals surface area contributed by atoms with Crippen molar-refractivity contribution in [2.75, 3.05) is 13.1 Å². The van der Waals surface area contributed by atoms with Crippen LogP contribution in [0.3, 0.4) is 0 Å². The second-order valence-corrected chi connectivity index (χ2v) is 5.71. The normalized spacial score (nSPS) is 17.8. The zero-order chi connectivity index (χ0) is 15.4. The molecule has 3 rings (SSSR count). The summed E-state index contributed by atoms with van der Waals surface area (Å²) < 4.78 is 1.80. The van der Waals surface area contributed by atoms with Gasteiger partial charge in [0.1, 0.15) is 5.54 Å². The van der Waals surface area contributed by atoms with Crippen LogP contribution < -0.4 is 10.6 Å². The first kappa shape index (κ1) is 17.4. The minimum atomic E-state index is -0.606. The van der Waals surface area contributed by atoms with E-state index in [9.17, 15) is 4.79 Å². The van der Waals surface area contributed by atoms with Crippen LogP contribution in [0, 0.1) is 0 Å². The molecule has 1 aliphatic rings. The number of aromatic nitrogens is 3. The highest BCUT2D eigenvalue weighted by atomic mass is 35.5. The van der Waals surface area contributed by atoms with Gasteiger partial charge in [-0.25, -0.2) is 0 Å². The Morgan fingerprint density at radius 3 is 2.74 bits per heavy atom. The second-order valence-electron chi connectivity index (χ2n) is 5.71. The van der Waals surface area contributed by atoms with Crippen molar-refractivity contribution in [1.82, 2.24) is 25.4 Å². The van der Waals surface area contributed by atoms with Crippen molar-refractivity contribution in [3.05, 3.63) is 48.5 Å². The number of amides is 1. The molecule has 124 valence electrons. The molecule has 1 fully saturated rings. The van der Waals surface area contributed by atoms with Crippen molar-refractivity contribution in [2.45, 2.75) is 31.3 Å². The molecule has 0 saturated carbocycles. The van der Waals surface area contributed by atoms with Crippen LogP contribution in [-0.2, 0) is 10.3 Å². The lowest BCUT2D eigenvalue weighted by Gasteiger charge is -2.37. The van der Waals surface area contributed by atoms with Gasteiger partial charge in [0.25, 0.3) is 0 Å². The van der Waals surface area contributed by atoms with E-state index in [0.717, 1.165) is 31.5 Å². The number of hydrogen-bond acceptors (Lipinski definition) is 4. The van der Waals surface area contributed by atoms with Crippen molar-refractivity contribution >= 4 is 18.3 Å². The van der Waals surface area contributed by atoms with E-state index < -0.39 is 5.54 Å². The number of nitrogens with one attached hydrogen (secondary N) is 2. The van der Waals surface area contributed by atoms with Crippen LogP contribution in [0.25, 0.3) is 0 Å². The molecule has 0 aliphatic carbocycles. The maximum Gasteiger partial charge on any atom is 0.248 e. The Morgan fingerprint density at radius 1 is 1.35 bits per heavy atom. The molecule has 2 aromatic heterocycles. The van der Waals surface area contributed by atoms with Crippen LogP contribution in [0.15, 0.2) is 43.0 Å². The van der Waals surface area contributed by atoms with Crippen LogP contribution >= 0.6 is 12.4 Å². The van der Waals surface area contributed by atoms with Gasteiger partial charge >= 0.3 is 0 Å². The summed E-state index contributed by atoms with van der Waals surface area (Å²) in [7, 11) is 0. The van der Waals surface area contributed by atoms with E-state index in [-0.39, 0.29) is 24.4 Å². The Hall–Kier alpha value is -1.92. The Labute approximate surface area is 142 Å². The number of carbonyl (C=O) groups excluding carboxylic acids is 1. The fraction of sp³-hybridized carbons (Fsp3) is 0.438. The molecule has 0 aromatic carbocycles. The first-order valence-corrected chi connectivity index (χ1v) is 7.64. The van der Waals surface area contributed by atoms with Gasteiger partial charge in [-0.05, 0) is 50.6 Å². The Morgan fingerprint density at radius 2 is 2.13 bits per heavy atom. The molecule has 3 heterocycles. The lowest BCUT2D eigenvalue weighted by Crippen LogP contribution is -2.55. The smallest absolute Gasteiger partial charge is 0.248 e. The minimum absolute atomic E-state index is 0. The van der Waals surface area contributed by atoms with Crippen molar-refractivity contribution in [1.29, 1.82) is 0 Å². The average Bonchev–Trinajstić information content (AvgIpc) is 3.11. The lowest BCUT2D eigenvalue weighted by molar-refractivity contribution is -0.132. The maximum atomic E-state index is 13.0. The van der Waals surface area contributed by atoms with Gasteiger partial charge in [-0.2, -0.15) is 5.10 Å². The molecule has 1 saturated heterocycles. The molecule has 0 bridgehead atoms. The third-order valence-electron chi connectivity index (χ3n) is 4.33. The minimum Gasteiger partial charge on any atom is -0.347 e. The third-order valence-corrected chi connectivity index (χ3v) is 4.33. The highest BCUT2D eigenvalue weighted by molar-refractivity contribution is 5.85. The van der Waals surface area contributed by atoms with Gasteiger partial charge in [-0.3, -0.25) is 14.5 Å². The molecule has 0 radical (unpaired) electrons. The van der Waals surface area contributed by atoms with E-state index in [4.69, 9.17) is 0 Å². The Bertz CT molecular complexity index is 611. The molecule has 1 atom stereocenters. The van der Waals surface area contributed by atoms with Crippen LogP contribution in [-0.4, -0.2) is 33.8 Å². The van der Waals surface area contributed by atoms with Gasteiger partial charge in [0.15, 0.2) is 0 Å². The molecule has 6 nitrogen and oxygen atoms in total. The van der Waals surface area contributed by atoms with Crippen LogP contribution in [0.5, 0.6) is 0 Å². The predicted molar refractivity (Wildman–Crippen MR) is 90.3 cm³/mol. The Kier molecular flexibility index (Phi) is 5.74. The Balaban J connectivity index is 0.00000192. The SMILES string of the molecule is CC(NC(=O)C1(n2cccn2)CCNCC1)c1cccnc1.Cl. The zero-order valence-corrected chi connectivity index (χ0v) is 13.9. The quantitative estimate of drug-likeness (QED) is 0.891. The number of halogens is 1. The number of piperidine rings is 1. The van der Waals surface area contributed by atoms with Crippen LogP contribution in [0.4, 0.5) is 0 Å². The summed E-state index contributed by atoms with van der Waals surface area (Å²) in [5.41, 5.74) is 0.394. The molecule has 7 heteroatoms. The first-order valence-electron chi connectivity index (χ1n) is 7.64. The topological polar surface area (TPSA) is 71.8 Å².